The molecule has 0 saturated carbocycles. The first kappa shape index (κ1) is 10.4. The van der Waals surface area contributed by atoms with E-state index in [4.69, 9.17) is 0 Å². The highest BCUT2D eigenvalue weighted by Gasteiger charge is 2.13. The summed E-state index contributed by atoms with van der Waals surface area (Å²) in [5.74, 6) is -1.14. The van der Waals surface area contributed by atoms with Gasteiger partial charge in [0.2, 0.25) is 0 Å². The molecule has 0 N–H and O–H groups in total. The van der Waals surface area contributed by atoms with Crippen molar-refractivity contribution in [2.45, 2.75) is 0 Å². The Morgan fingerprint density at radius 1 is 1.00 bits per heavy atom. The van der Waals surface area contributed by atoms with Gasteiger partial charge in [0, 0.05) is 29.2 Å². The van der Waals surface area contributed by atoms with E-state index in [1.807, 2.05) is 24.3 Å². The Morgan fingerprint density at radius 3 is 2.63 bits per heavy atom. The quantitative estimate of drug-likeness (QED) is 0.435. The van der Waals surface area contributed by atoms with Gasteiger partial charge in [0.05, 0.1) is 5.52 Å². The molecule has 2 heterocycles. The van der Waals surface area contributed by atoms with E-state index in [9.17, 15) is 8.78 Å². The van der Waals surface area contributed by atoms with E-state index in [0.717, 1.165) is 16.8 Å². The molecule has 0 aliphatic rings. The van der Waals surface area contributed by atoms with E-state index in [1.165, 1.54) is 6.07 Å². The van der Waals surface area contributed by atoms with E-state index in [-0.39, 0.29) is 0 Å². The zero-order valence-electron chi connectivity index (χ0n) is 9.77. The van der Waals surface area contributed by atoms with E-state index in [1.54, 1.807) is 16.8 Å². The fraction of sp³-hybridized carbons (Fsp3) is 0. The number of pyridine rings is 1. The molecule has 4 aromatic rings. The molecule has 2 aromatic heterocycles. The van der Waals surface area contributed by atoms with Crippen LogP contribution in [0.3, 0.4) is 0 Å². The predicted octanol–water partition coefficient (Wildman–Crippen LogP) is 3.92. The zero-order chi connectivity index (χ0) is 13.0. The van der Waals surface area contributed by atoms with Crippen molar-refractivity contribution in [2.75, 3.05) is 0 Å². The van der Waals surface area contributed by atoms with Crippen LogP contribution >= 0.6 is 0 Å². The van der Waals surface area contributed by atoms with Crippen LogP contribution in [0, 0.1) is 11.6 Å². The van der Waals surface area contributed by atoms with Gasteiger partial charge >= 0.3 is 0 Å². The first-order chi connectivity index (χ1) is 9.25. The van der Waals surface area contributed by atoms with Gasteiger partial charge in [-0.05, 0) is 11.5 Å². The summed E-state index contributed by atoms with van der Waals surface area (Å²) in [6.45, 7) is 0. The summed E-state index contributed by atoms with van der Waals surface area (Å²) in [5, 5.41) is 2.02. The minimum absolute atomic E-state index is 0.419. The summed E-state index contributed by atoms with van der Waals surface area (Å²) < 4.78 is 29.3. The van der Waals surface area contributed by atoms with Crippen LogP contribution in [0.15, 0.2) is 48.8 Å². The van der Waals surface area contributed by atoms with Crippen LogP contribution in [0.5, 0.6) is 0 Å². The van der Waals surface area contributed by atoms with Gasteiger partial charge in [-0.25, -0.2) is 13.8 Å². The molecular formula is C15H8F2N2. The number of aromatic nitrogens is 2. The van der Waals surface area contributed by atoms with Gasteiger partial charge in [-0.1, -0.05) is 24.3 Å². The number of halogens is 2. The third-order valence-corrected chi connectivity index (χ3v) is 3.37. The molecule has 4 heteroatoms. The largest absolute Gasteiger partial charge is 0.299 e. The Kier molecular flexibility index (Phi) is 1.93. The molecule has 2 aromatic carbocycles. The van der Waals surface area contributed by atoms with Crippen molar-refractivity contribution < 1.29 is 8.78 Å². The van der Waals surface area contributed by atoms with Crippen LogP contribution in [0.25, 0.3) is 27.3 Å². The number of nitrogens with zero attached hydrogens (tertiary/aromatic N) is 2. The summed E-state index contributed by atoms with van der Waals surface area (Å²) in [7, 11) is 0. The molecular weight excluding hydrogens is 246 g/mol. The van der Waals surface area contributed by atoms with Crippen LogP contribution in [-0.2, 0) is 0 Å². The molecule has 19 heavy (non-hydrogen) atoms. The van der Waals surface area contributed by atoms with E-state index in [2.05, 4.69) is 4.98 Å². The number of hydrogen-bond donors (Lipinski definition) is 0. The van der Waals surface area contributed by atoms with Crippen LogP contribution < -0.4 is 0 Å². The Morgan fingerprint density at radius 2 is 1.79 bits per heavy atom. The van der Waals surface area contributed by atoms with Crippen molar-refractivity contribution in [1.82, 2.24) is 9.38 Å². The molecule has 0 amide bonds. The van der Waals surface area contributed by atoms with Gasteiger partial charge in [0.25, 0.3) is 0 Å². The summed E-state index contributed by atoms with van der Waals surface area (Å²) in [6, 6.07) is 9.68. The molecule has 0 unspecified atom stereocenters. The smallest absolute Gasteiger partial charge is 0.145 e. The molecule has 4 rings (SSSR count). The number of benzene rings is 2. The SMILES string of the molecule is Fc1cc(F)c2c3ccccc3c3nccn3c2c1. The molecule has 0 fully saturated rings. The Bertz CT molecular complexity index is 941. The number of imidazole rings is 1. The van der Waals surface area contributed by atoms with E-state index in [0.29, 0.717) is 16.6 Å². The second-order valence-corrected chi connectivity index (χ2v) is 4.45. The average Bonchev–Trinajstić information content (AvgIpc) is 2.87. The lowest BCUT2D eigenvalue weighted by molar-refractivity contribution is 0.592. The molecule has 92 valence electrons. The molecule has 0 bridgehead atoms. The van der Waals surface area contributed by atoms with Crippen LogP contribution in [-0.4, -0.2) is 9.38 Å². The maximum Gasteiger partial charge on any atom is 0.145 e. The lowest BCUT2D eigenvalue weighted by atomic mass is 10.1. The van der Waals surface area contributed by atoms with Gasteiger partial charge in [0.15, 0.2) is 0 Å². The standard InChI is InChI=1S/C15H8F2N2/c16-9-7-12(17)14-10-3-1-2-4-11(10)15-18-5-6-19(15)13(14)8-9/h1-8H. The fourth-order valence-corrected chi connectivity index (χ4v) is 2.61. The summed E-state index contributed by atoms with van der Waals surface area (Å²) in [6.07, 6.45) is 3.34. The van der Waals surface area contributed by atoms with Gasteiger partial charge in [0.1, 0.15) is 17.3 Å². The highest BCUT2D eigenvalue weighted by molar-refractivity contribution is 6.11. The number of rotatable bonds is 0. The topological polar surface area (TPSA) is 17.3 Å². The van der Waals surface area contributed by atoms with Crippen molar-refractivity contribution in [3.63, 3.8) is 0 Å². The van der Waals surface area contributed by atoms with Crippen molar-refractivity contribution in [2.24, 2.45) is 0 Å². The number of fused-ring (bicyclic) bond motifs is 6. The van der Waals surface area contributed by atoms with E-state index >= 15 is 0 Å². The minimum atomic E-state index is -0.588. The van der Waals surface area contributed by atoms with E-state index < -0.39 is 11.6 Å². The second-order valence-electron chi connectivity index (χ2n) is 4.45. The third kappa shape index (κ3) is 1.31. The first-order valence-corrected chi connectivity index (χ1v) is 5.88. The second kappa shape index (κ2) is 3.51. The Labute approximate surface area is 106 Å². The zero-order valence-corrected chi connectivity index (χ0v) is 9.77. The van der Waals surface area contributed by atoms with Crippen LogP contribution in [0.2, 0.25) is 0 Å². The van der Waals surface area contributed by atoms with Crippen LogP contribution in [0.4, 0.5) is 8.78 Å². The first-order valence-electron chi connectivity index (χ1n) is 5.88. The monoisotopic (exact) mass is 254 g/mol. The van der Waals surface area contributed by atoms with Gasteiger partial charge < -0.3 is 0 Å². The minimum Gasteiger partial charge on any atom is -0.299 e. The fourth-order valence-electron chi connectivity index (χ4n) is 2.61. The summed E-state index contributed by atoms with van der Waals surface area (Å²) >= 11 is 0. The molecule has 0 aliphatic carbocycles. The van der Waals surface area contributed by atoms with Crippen molar-refractivity contribution in [3.8, 4) is 0 Å². The molecule has 2 nitrogen and oxygen atoms in total. The maximum absolute atomic E-state index is 14.1. The Hall–Kier alpha value is -2.49. The maximum atomic E-state index is 14.1. The third-order valence-electron chi connectivity index (χ3n) is 3.37. The summed E-state index contributed by atoms with van der Waals surface area (Å²) in [5.41, 5.74) is 1.19. The molecule has 0 saturated heterocycles. The van der Waals surface area contributed by atoms with Crippen molar-refractivity contribution >= 4 is 27.3 Å². The van der Waals surface area contributed by atoms with Crippen molar-refractivity contribution in [1.29, 1.82) is 0 Å². The summed E-state index contributed by atoms with van der Waals surface area (Å²) in [4.78, 5) is 4.27. The lowest BCUT2D eigenvalue weighted by Gasteiger charge is -2.09. The Balaban J connectivity index is 2.46. The predicted molar refractivity (Wildman–Crippen MR) is 70.1 cm³/mol. The highest BCUT2D eigenvalue weighted by Crippen LogP contribution is 2.30. The highest BCUT2D eigenvalue weighted by atomic mass is 19.1. The van der Waals surface area contributed by atoms with Crippen molar-refractivity contribution in [3.05, 3.63) is 60.4 Å². The molecule has 0 radical (unpaired) electrons. The lowest BCUT2D eigenvalue weighted by Crippen LogP contribution is -1.94. The molecule has 0 aliphatic heterocycles. The van der Waals surface area contributed by atoms with Gasteiger partial charge in [-0.3, -0.25) is 4.40 Å². The van der Waals surface area contributed by atoms with Gasteiger partial charge in [-0.2, -0.15) is 0 Å². The normalized spacial score (nSPS) is 11.7. The molecule has 0 spiro atoms. The molecule has 0 atom stereocenters. The van der Waals surface area contributed by atoms with Gasteiger partial charge in [-0.15, -0.1) is 0 Å². The number of hydrogen-bond acceptors (Lipinski definition) is 1. The average molecular weight is 254 g/mol. The van der Waals surface area contributed by atoms with Crippen LogP contribution in [0.1, 0.15) is 0 Å².